The molecule has 0 aliphatic rings. The highest BCUT2D eigenvalue weighted by Crippen LogP contribution is 2.38. The topological polar surface area (TPSA) is 66.0 Å². The Kier molecular flexibility index (Phi) is 7.61. The molecule has 0 fully saturated rings. The molecule has 0 radical (unpaired) electrons. The van der Waals surface area contributed by atoms with Crippen LogP contribution in [0.15, 0.2) is 109 Å². The number of benzene rings is 4. The van der Waals surface area contributed by atoms with E-state index >= 15 is 0 Å². The van der Waals surface area contributed by atoms with Crippen LogP contribution in [0.5, 0.6) is 11.5 Å². The van der Waals surface area contributed by atoms with Gasteiger partial charge >= 0.3 is 0 Å². The van der Waals surface area contributed by atoms with E-state index in [1.54, 1.807) is 20.3 Å². The number of allylic oxidation sites excluding steroid dienone is 1. The zero-order chi connectivity index (χ0) is 25.3. The highest BCUT2D eigenvalue weighted by atomic mass is 16.5. The van der Waals surface area contributed by atoms with Crippen molar-refractivity contribution in [2.75, 3.05) is 14.2 Å². The van der Waals surface area contributed by atoms with Crippen LogP contribution in [-0.2, 0) is 0 Å². The largest absolute Gasteiger partial charge is 0.497 e. The van der Waals surface area contributed by atoms with Crippen molar-refractivity contribution < 1.29 is 9.47 Å². The van der Waals surface area contributed by atoms with Crippen LogP contribution in [0.1, 0.15) is 27.8 Å². The summed E-state index contributed by atoms with van der Waals surface area (Å²) < 4.78 is 10.8. The lowest BCUT2D eigenvalue weighted by molar-refractivity contribution is 0.414. The van der Waals surface area contributed by atoms with Crippen LogP contribution in [0.3, 0.4) is 0 Å². The fourth-order valence-corrected chi connectivity index (χ4v) is 4.03. The van der Waals surface area contributed by atoms with Crippen LogP contribution in [0.4, 0.5) is 0 Å². The molecule has 4 heteroatoms. The molecule has 0 amide bonds. The molecule has 0 spiro atoms. The van der Waals surface area contributed by atoms with E-state index in [2.05, 4.69) is 36.4 Å². The molecule has 0 saturated carbocycles. The van der Waals surface area contributed by atoms with Gasteiger partial charge in [-0.15, -0.1) is 0 Å². The summed E-state index contributed by atoms with van der Waals surface area (Å²) in [6, 6.07) is 38.0. The van der Waals surface area contributed by atoms with Gasteiger partial charge in [-0.2, -0.15) is 10.5 Å². The van der Waals surface area contributed by atoms with Crippen molar-refractivity contribution in [2.24, 2.45) is 0 Å². The first-order valence-electron chi connectivity index (χ1n) is 11.4. The number of methoxy groups -OCH3 is 2. The number of nitrogens with zero attached hydrogens (tertiary/aromatic N) is 2. The van der Waals surface area contributed by atoms with E-state index in [1.165, 1.54) is 0 Å². The molecule has 0 atom stereocenters. The zero-order valence-electron chi connectivity index (χ0n) is 20.1. The van der Waals surface area contributed by atoms with Gasteiger partial charge in [0.05, 0.1) is 14.2 Å². The molecule has 0 aliphatic carbocycles. The number of hydrogen-bond donors (Lipinski definition) is 0. The second-order valence-corrected chi connectivity index (χ2v) is 7.98. The average Bonchev–Trinajstić information content (AvgIpc) is 2.95. The zero-order valence-corrected chi connectivity index (χ0v) is 20.1. The molecule has 0 unspecified atom stereocenters. The molecule has 0 bridgehead atoms. The lowest BCUT2D eigenvalue weighted by Gasteiger charge is -2.19. The third kappa shape index (κ3) is 5.36. The van der Waals surface area contributed by atoms with Crippen LogP contribution >= 0.6 is 0 Å². The summed E-state index contributed by atoms with van der Waals surface area (Å²) >= 11 is 0. The number of rotatable bonds is 7. The molecular formula is C32H24N2O2. The van der Waals surface area contributed by atoms with Crippen LogP contribution in [0, 0.1) is 22.7 Å². The SMILES string of the molecule is COc1ccc(C(=C(c2ccccc2)c2ccc(C=C(C#N)C#N)cc2)c2ccc(OC)cc2)cc1. The van der Waals surface area contributed by atoms with Gasteiger partial charge in [0.1, 0.15) is 29.2 Å². The van der Waals surface area contributed by atoms with Gasteiger partial charge in [0.25, 0.3) is 0 Å². The van der Waals surface area contributed by atoms with Crippen molar-refractivity contribution in [1.82, 2.24) is 0 Å². The number of nitriles is 2. The Hall–Kier alpha value is -5.06. The smallest absolute Gasteiger partial charge is 0.130 e. The Morgan fingerprint density at radius 3 is 1.33 bits per heavy atom. The molecule has 4 rings (SSSR count). The Bertz CT molecular complexity index is 1400. The van der Waals surface area contributed by atoms with Gasteiger partial charge in [0.2, 0.25) is 0 Å². The molecule has 4 aromatic rings. The molecule has 0 heterocycles. The minimum Gasteiger partial charge on any atom is -0.497 e. The molecule has 0 aliphatic heterocycles. The van der Waals surface area contributed by atoms with E-state index in [1.807, 2.05) is 78.9 Å². The van der Waals surface area contributed by atoms with Gasteiger partial charge in [0, 0.05) is 0 Å². The minimum atomic E-state index is 0.0683. The molecule has 36 heavy (non-hydrogen) atoms. The Morgan fingerprint density at radius 2 is 0.944 bits per heavy atom. The Labute approximate surface area is 211 Å². The highest BCUT2D eigenvalue weighted by Gasteiger charge is 2.16. The number of hydrogen-bond acceptors (Lipinski definition) is 4. The predicted molar refractivity (Wildman–Crippen MR) is 143 cm³/mol. The lowest BCUT2D eigenvalue weighted by atomic mass is 9.85. The summed E-state index contributed by atoms with van der Waals surface area (Å²) in [6.07, 6.45) is 1.59. The van der Waals surface area contributed by atoms with Crippen molar-refractivity contribution in [3.05, 3.63) is 137 Å². The Balaban J connectivity index is 1.99. The first-order valence-corrected chi connectivity index (χ1v) is 11.4. The summed E-state index contributed by atoms with van der Waals surface area (Å²) in [7, 11) is 3.31. The third-order valence-electron chi connectivity index (χ3n) is 5.82. The van der Waals surface area contributed by atoms with Gasteiger partial charge in [-0.3, -0.25) is 0 Å². The minimum absolute atomic E-state index is 0.0683. The summed E-state index contributed by atoms with van der Waals surface area (Å²) in [5, 5.41) is 18.2. The maximum absolute atomic E-state index is 9.11. The maximum Gasteiger partial charge on any atom is 0.130 e. The van der Waals surface area contributed by atoms with Gasteiger partial charge in [0.15, 0.2) is 0 Å². The van der Waals surface area contributed by atoms with E-state index < -0.39 is 0 Å². The average molecular weight is 469 g/mol. The molecule has 0 aromatic heterocycles. The van der Waals surface area contributed by atoms with Gasteiger partial charge in [-0.25, -0.2) is 0 Å². The summed E-state index contributed by atoms with van der Waals surface area (Å²) in [5.41, 5.74) is 7.14. The van der Waals surface area contributed by atoms with E-state index in [0.717, 1.165) is 50.5 Å². The van der Waals surface area contributed by atoms with Crippen molar-refractivity contribution in [1.29, 1.82) is 10.5 Å². The summed E-state index contributed by atoms with van der Waals surface area (Å²) in [6.45, 7) is 0. The number of ether oxygens (including phenoxy) is 2. The predicted octanol–water partition coefficient (Wildman–Crippen LogP) is 7.14. The van der Waals surface area contributed by atoms with Crippen LogP contribution in [0.2, 0.25) is 0 Å². The van der Waals surface area contributed by atoms with Crippen LogP contribution in [0.25, 0.3) is 17.2 Å². The molecule has 174 valence electrons. The second-order valence-electron chi connectivity index (χ2n) is 7.98. The second kappa shape index (κ2) is 11.4. The van der Waals surface area contributed by atoms with E-state index in [0.29, 0.717) is 0 Å². The van der Waals surface area contributed by atoms with Gasteiger partial charge < -0.3 is 9.47 Å². The molecule has 0 saturated heterocycles. The first kappa shape index (κ1) is 24.1. The quantitative estimate of drug-likeness (QED) is 0.213. The van der Waals surface area contributed by atoms with Crippen molar-refractivity contribution in [2.45, 2.75) is 0 Å². The normalized spacial score (nSPS) is 9.89. The fraction of sp³-hybridized carbons (Fsp3) is 0.0625. The van der Waals surface area contributed by atoms with Crippen molar-refractivity contribution in [3.63, 3.8) is 0 Å². The summed E-state index contributed by atoms with van der Waals surface area (Å²) in [4.78, 5) is 0. The molecule has 4 aromatic carbocycles. The summed E-state index contributed by atoms with van der Waals surface area (Å²) in [5.74, 6) is 1.58. The lowest BCUT2D eigenvalue weighted by Crippen LogP contribution is -1.98. The standard InChI is InChI=1S/C32H24N2O2/c1-35-29-16-12-27(13-17-29)32(28-14-18-30(36-2)19-15-28)31(25-6-4-3-5-7-25)26-10-8-23(9-11-26)20-24(21-33)22-34/h3-20H,1-2H3. The van der Waals surface area contributed by atoms with Crippen molar-refractivity contribution >= 4 is 17.2 Å². The molecule has 0 N–H and O–H groups in total. The van der Waals surface area contributed by atoms with E-state index in [4.69, 9.17) is 20.0 Å². The van der Waals surface area contributed by atoms with Crippen LogP contribution in [-0.4, -0.2) is 14.2 Å². The van der Waals surface area contributed by atoms with Gasteiger partial charge in [-0.1, -0.05) is 78.9 Å². The van der Waals surface area contributed by atoms with E-state index in [9.17, 15) is 0 Å². The highest BCUT2D eigenvalue weighted by molar-refractivity contribution is 6.04. The third-order valence-corrected chi connectivity index (χ3v) is 5.82. The molecule has 4 nitrogen and oxygen atoms in total. The maximum atomic E-state index is 9.11. The Morgan fingerprint density at radius 1 is 0.556 bits per heavy atom. The van der Waals surface area contributed by atoms with Crippen LogP contribution < -0.4 is 9.47 Å². The fourth-order valence-electron chi connectivity index (χ4n) is 4.03. The first-order chi connectivity index (χ1) is 17.7. The van der Waals surface area contributed by atoms with Gasteiger partial charge in [-0.05, 0) is 69.3 Å². The monoisotopic (exact) mass is 468 g/mol. The molecular weight excluding hydrogens is 444 g/mol. The van der Waals surface area contributed by atoms with E-state index in [-0.39, 0.29) is 5.57 Å². The van der Waals surface area contributed by atoms with Crippen molar-refractivity contribution in [3.8, 4) is 23.6 Å².